The van der Waals surface area contributed by atoms with E-state index in [1.165, 1.54) is 43.4 Å². The number of benzene rings is 1. The summed E-state index contributed by atoms with van der Waals surface area (Å²) in [5, 5.41) is 0.839. The van der Waals surface area contributed by atoms with Gasteiger partial charge in [-0.25, -0.2) is 0 Å². The van der Waals surface area contributed by atoms with Crippen molar-refractivity contribution < 1.29 is 0 Å². The van der Waals surface area contributed by atoms with Crippen LogP contribution in [0.1, 0.15) is 37.7 Å². The van der Waals surface area contributed by atoms with Crippen molar-refractivity contribution in [3.63, 3.8) is 0 Å². The van der Waals surface area contributed by atoms with Gasteiger partial charge in [-0.3, -0.25) is 0 Å². The SMILES string of the molecule is BrC(CCCC1Cc2ccccc2S1)C1CC1. The Bertz CT molecular complexity index is 361. The molecule has 1 aliphatic heterocycles. The van der Waals surface area contributed by atoms with Gasteiger partial charge in [-0.05, 0) is 49.7 Å². The molecule has 0 saturated heterocycles. The predicted octanol–water partition coefficient (Wildman–Crippen LogP) is 5.05. The maximum absolute atomic E-state index is 3.84. The average molecular weight is 311 g/mol. The molecule has 2 atom stereocenters. The molecule has 0 spiro atoms. The van der Waals surface area contributed by atoms with Crippen LogP contribution in [0.3, 0.4) is 0 Å². The summed E-state index contributed by atoms with van der Waals surface area (Å²) in [6.45, 7) is 0. The number of thioether (sulfide) groups is 1. The zero-order valence-corrected chi connectivity index (χ0v) is 12.5. The number of fused-ring (bicyclic) bond motifs is 1. The van der Waals surface area contributed by atoms with Crippen LogP contribution >= 0.6 is 27.7 Å². The van der Waals surface area contributed by atoms with Crippen LogP contribution in [0.25, 0.3) is 0 Å². The smallest absolute Gasteiger partial charge is 0.0174 e. The molecule has 1 fully saturated rings. The molecule has 1 aromatic rings. The van der Waals surface area contributed by atoms with E-state index in [1.54, 1.807) is 5.56 Å². The van der Waals surface area contributed by atoms with Crippen LogP contribution in [-0.2, 0) is 6.42 Å². The van der Waals surface area contributed by atoms with E-state index >= 15 is 0 Å². The third kappa shape index (κ3) is 3.08. The Morgan fingerprint density at radius 3 is 2.88 bits per heavy atom. The molecule has 0 amide bonds. The van der Waals surface area contributed by atoms with Gasteiger partial charge in [-0.15, -0.1) is 11.8 Å². The van der Waals surface area contributed by atoms with Gasteiger partial charge in [0.2, 0.25) is 0 Å². The first-order valence-electron chi connectivity index (χ1n) is 6.71. The second kappa shape index (κ2) is 5.36. The third-order valence-corrected chi connectivity index (χ3v) is 6.45. The van der Waals surface area contributed by atoms with Gasteiger partial charge in [-0.1, -0.05) is 40.5 Å². The largest absolute Gasteiger partial charge is 0.122 e. The average Bonchev–Trinajstić information content (AvgIpc) is 3.09. The molecule has 1 heterocycles. The van der Waals surface area contributed by atoms with Crippen LogP contribution < -0.4 is 0 Å². The molecule has 0 radical (unpaired) electrons. The van der Waals surface area contributed by atoms with Gasteiger partial charge >= 0.3 is 0 Å². The van der Waals surface area contributed by atoms with E-state index in [0.29, 0.717) is 0 Å². The van der Waals surface area contributed by atoms with Gasteiger partial charge in [0.15, 0.2) is 0 Å². The minimum absolute atomic E-state index is 0.802. The Labute approximate surface area is 117 Å². The van der Waals surface area contributed by atoms with E-state index in [1.807, 2.05) is 0 Å². The maximum Gasteiger partial charge on any atom is 0.0174 e. The quantitative estimate of drug-likeness (QED) is 0.686. The van der Waals surface area contributed by atoms with E-state index in [2.05, 4.69) is 52.0 Å². The molecular formula is C15H19BrS. The fourth-order valence-corrected chi connectivity index (χ4v) is 4.87. The number of hydrogen-bond acceptors (Lipinski definition) is 1. The molecular weight excluding hydrogens is 292 g/mol. The first-order valence-corrected chi connectivity index (χ1v) is 8.51. The summed E-state index contributed by atoms with van der Waals surface area (Å²) in [5.41, 5.74) is 1.57. The van der Waals surface area contributed by atoms with Crippen molar-refractivity contribution in [1.82, 2.24) is 0 Å². The molecule has 1 aliphatic carbocycles. The molecule has 0 aromatic heterocycles. The summed E-state index contributed by atoms with van der Waals surface area (Å²) in [6.07, 6.45) is 8.35. The van der Waals surface area contributed by atoms with Crippen molar-refractivity contribution in [3.05, 3.63) is 29.8 Å². The summed E-state index contributed by atoms with van der Waals surface area (Å²) < 4.78 is 0. The minimum atomic E-state index is 0.802. The Morgan fingerprint density at radius 2 is 2.12 bits per heavy atom. The highest BCUT2D eigenvalue weighted by Crippen LogP contribution is 2.41. The van der Waals surface area contributed by atoms with E-state index in [9.17, 15) is 0 Å². The van der Waals surface area contributed by atoms with Crippen LogP contribution in [0.2, 0.25) is 0 Å². The van der Waals surface area contributed by atoms with E-state index < -0.39 is 0 Å². The molecule has 17 heavy (non-hydrogen) atoms. The molecule has 2 unspecified atom stereocenters. The van der Waals surface area contributed by atoms with Gasteiger partial charge in [0.1, 0.15) is 0 Å². The number of halogens is 1. The van der Waals surface area contributed by atoms with Crippen LogP contribution in [0.5, 0.6) is 0 Å². The van der Waals surface area contributed by atoms with Crippen LogP contribution in [0, 0.1) is 5.92 Å². The van der Waals surface area contributed by atoms with Crippen LogP contribution in [0.4, 0.5) is 0 Å². The molecule has 0 nitrogen and oxygen atoms in total. The van der Waals surface area contributed by atoms with Crippen LogP contribution in [0.15, 0.2) is 29.2 Å². The van der Waals surface area contributed by atoms with Crippen molar-refractivity contribution in [2.24, 2.45) is 5.92 Å². The second-order valence-corrected chi connectivity index (χ2v) is 7.85. The fraction of sp³-hybridized carbons (Fsp3) is 0.600. The summed E-state index contributed by atoms with van der Waals surface area (Å²) in [4.78, 5) is 2.33. The van der Waals surface area contributed by atoms with Crippen molar-refractivity contribution in [1.29, 1.82) is 0 Å². The normalized spacial score (nSPS) is 24.6. The fourth-order valence-electron chi connectivity index (χ4n) is 2.65. The Balaban J connectivity index is 1.43. The van der Waals surface area contributed by atoms with Gasteiger partial charge < -0.3 is 0 Å². The minimum Gasteiger partial charge on any atom is -0.122 e. The second-order valence-electron chi connectivity index (χ2n) is 5.34. The van der Waals surface area contributed by atoms with Crippen molar-refractivity contribution in [2.75, 3.05) is 0 Å². The molecule has 1 aromatic carbocycles. The molecule has 92 valence electrons. The Morgan fingerprint density at radius 1 is 1.29 bits per heavy atom. The lowest BCUT2D eigenvalue weighted by Gasteiger charge is -2.11. The highest BCUT2D eigenvalue weighted by molar-refractivity contribution is 9.09. The zero-order chi connectivity index (χ0) is 11.7. The van der Waals surface area contributed by atoms with Gasteiger partial charge in [0.05, 0.1) is 0 Å². The topological polar surface area (TPSA) is 0 Å². The van der Waals surface area contributed by atoms with Gasteiger partial charge in [0, 0.05) is 15.0 Å². The molecule has 2 aliphatic rings. The van der Waals surface area contributed by atoms with Gasteiger partial charge in [0.25, 0.3) is 0 Å². The first kappa shape index (κ1) is 12.1. The molecule has 1 saturated carbocycles. The van der Waals surface area contributed by atoms with Crippen LogP contribution in [-0.4, -0.2) is 10.1 Å². The third-order valence-electron chi connectivity index (χ3n) is 3.85. The van der Waals surface area contributed by atoms with E-state index in [4.69, 9.17) is 0 Å². The van der Waals surface area contributed by atoms with E-state index in [-0.39, 0.29) is 0 Å². The number of rotatable bonds is 5. The monoisotopic (exact) mass is 310 g/mol. The molecule has 2 heteroatoms. The van der Waals surface area contributed by atoms with Crippen molar-refractivity contribution in [2.45, 2.75) is 53.5 Å². The number of alkyl halides is 1. The molecule has 0 bridgehead atoms. The Hall–Kier alpha value is 0.0500. The zero-order valence-electron chi connectivity index (χ0n) is 10.1. The first-order chi connectivity index (χ1) is 8.33. The summed E-state index contributed by atoms with van der Waals surface area (Å²) in [6, 6.07) is 8.90. The lowest BCUT2D eigenvalue weighted by Crippen LogP contribution is -2.05. The Kier molecular flexibility index (Phi) is 3.81. The summed E-state index contributed by atoms with van der Waals surface area (Å²) in [5.74, 6) is 1.00. The standard InChI is InChI=1S/C15H19BrS/c16-14(11-8-9-11)6-3-5-13-10-12-4-1-2-7-15(12)17-13/h1-2,4,7,11,13-14H,3,5-6,8-10H2. The van der Waals surface area contributed by atoms with Gasteiger partial charge in [-0.2, -0.15) is 0 Å². The van der Waals surface area contributed by atoms with Crippen molar-refractivity contribution >= 4 is 27.7 Å². The lowest BCUT2D eigenvalue weighted by atomic mass is 10.0. The molecule has 0 N–H and O–H groups in total. The van der Waals surface area contributed by atoms with E-state index in [0.717, 1.165) is 16.0 Å². The molecule has 3 rings (SSSR count). The summed E-state index contributed by atoms with van der Waals surface area (Å²) >= 11 is 5.93. The maximum atomic E-state index is 3.84. The highest BCUT2D eigenvalue weighted by atomic mass is 79.9. The number of hydrogen-bond donors (Lipinski definition) is 0. The highest BCUT2D eigenvalue weighted by Gasteiger charge is 2.29. The van der Waals surface area contributed by atoms with Crippen molar-refractivity contribution in [3.8, 4) is 0 Å². The predicted molar refractivity (Wildman–Crippen MR) is 79.1 cm³/mol. The summed E-state index contributed by atoms with van der Waals surface area (Å²) in [7, 11) is 0. The lowest BCUT2D eigenvalue weighted by molar-refractivity contribution is 0.612.